The molecule has 0 saturated heterocycles. The molecule has 3 N–H and O–H groups in total. The molecule has 34 heavy (non-hydrogen) atoms. The molecule has 1 atom stereocenters. The van der Waals surface area contributed by atoms with E-state index in [4.69, 9.17) is 17.0 Å². The van der Waals surface area contributed by atoms with Gasteiger partial charge in [0.2, 0.25) is 12.1 Å². The molecule has 0 radical (unpaired) electrons. The number of hydrogen-bond acceptors (Lipinski definition) is 5. The summed E-state index contributed by atoms with van der Waals surface area (Å²) in [6.45, 7) is 4.13. The van der Waals surface area contributed by atoms with E-state index >= 15 is 0 Å². The zero-order valence-corrected chi connectivity index (χ0v) is 19.3. The van der Waals surface area contributed by atoms with Crippen LogP contribution in [0.3, 0.4) is 0 Å². The molecular formula is C24H23F2N5O2S. The number of nitrogens with zero attached hydrogens (tertiary/aromatic N) is 2. The van der Waals surface area contributed by atoms with Crippen molar-refractivity contribution in [1.82, 2.24) is 9.99 Å². The lowest BCUT2D eigenvalue weighted by Crippen LogP contribution is -2.35. The molecule has 0 fully saturated rings. The number of halogens is 2. The second-order valence-electron chi connectivity index (χ2n) is 8.01. The number of anilines is 1. The van der Waals surface area contributed by atoms with Crippen LogP contribution in [0.4, 0.5) is 14.5 Å². The fourth-order valence-electron chi connectivity index (χ4n) is 3.56. The van der Waals surface area contributed by atoms with E-state index in [1.807, 2.05) is 12.3 Å². The number of ether oxygens (including phenoxy) is 1. The summed E-state index contributed by atoms with van der Waals surface area (Å²) in [7, 11) is 0. The van der Waals surface area contributed by atoms with E-state index in [0.29, 0.717) is 11.3 Å². The summed E-state index contributed by atoms with van der Waals surface area (Å²) >= 11 is 5.14. The highest BCUT2D eigenvalue weighted by Crippen LogP contribution is 2.33. The maximum Gasteiger partial charge on any atom is 0.234 e. The zero-order valence-electron chi connectivity index (χ0n) is 18.5. The molecule has 0 aliphatic carbocycles. The van der Waals surface area contributed by atoms with Crippen molar-refractivity contribution in [2.24, 2.45) is 4.99 Å². The lowest BCUT2D eigenvalue weighted by Gasteiger charge is -2.24. The summed E-state index contributed by atoms with van der Waals surface area (Å²) in [6.07, 6.45) is 2.71. The van der Waals surface area contributed by atoms with Gasteiger partial charge >= 0.3 is 0 Å². The summed E-state index contributed by atoms with van der Waals surface area (Å²) < 4.78 is 35.5. The predicted molar refractivity (Wildman–Crippen MR) is 131 cm³/mol. The number of carbonyl (C=O) groups is 1. The summed E-state index contributed by atoms with van der Waals surface area (Å²) in [5.41, 5.74) is 5.85. The first kappa shape index (κ1) is 23.4. The van der Waals surface area contributed by atoms with Gasteiger partial charge in [-0.1, -0.05) is 26.0 Å². The Morgan fingerprint density at radius 2 is 1.97 bits per heavy atom. The number of aliphatic imine (C=N–C) groups is 1. The fourth-order valence-corrected chi connectivity index (χ4v) is 3.79. The molecule has 10 heteroatoms. The van der Waals surface area contributed by atoms with Crippen LogP contribution in [0.25, 0.3) is 0 Å². The van der Waals surface area contributed by atoms with E-state index in [-0.39, 0.29) is 34.9 Å². The first-order chi connectivity index (χ1) is 16.3. The van der Waals surface area contributed by atoms with E-state index in [1.54, 1.807) is 10.7 Å². The molecular weight excluding hydrogens is 460 g/mol. The standard InChI is InChI=1S/C24H23F2N5O2S/c1-14(2)18-9-10-31-22(18)23(27-13-28-31)33-20-8-7-17(12-19(20)26)29-24(34)30-21(32)11-15-3-5-16(25)6-4-15/h3-10,12-14,23H,11H2,1-2H3,(H,27,28)(H2,29,30,32,34). The van der Waals surface area contributed by atoms with Crippen LogP contribution in [0.5, 0.6) is 5.75 Å². The van der Waals surface area contributed by atoms with Gasteiger partial charge in [-0.15, -0.1) is 0 Å². The second-order valence-corrected chi connectivity index (χ2v) is 8.42. The summed E-state index contributed by atoms with van der Waals surface area (Å²) in [5.74, 6) is -1.09. The van der Waals surface area contributed by atoms with Gasteiger partial charge in [-0.25, -0.2) is 13.8 Å². The minimum Gasteiger partial charge on any atom is -0.460 e. The third-order valence-electron chi connectivity index (χ3n) is 5.18. The number of nitrogens with one attached hydrogen (secondary N) is 3. The molecule has 0 spiro atoms. The van der Waals surface area contributed by atoms with Gasteiger partial charge in [0.25, 0.3) is 0 Å². The number of fused-ring (bicyclic) bond motifs is 1. The normalized spacial score (nSPS) is 14.3. The Morgan fingerprint density at radius 1 is 1.21 bits per heavy atom. The fraction of sp³-hybridized carbons (Fsp3) is 0.208. The lowest BCUT2D eigenvalue weighted by atomic mass is 10.0. The Morgan fingerprint density at radius 3 is 2.68 bits per heavy atom. The van der Waals surface area contributed by atoms with Crippen LogP contribution in [-0.2, 0) is 11.2 Å². The molecule has 3 aromatic rings. The van der Waals surface area contributed by atoms with Gasteiger partial charge < -0.3 is 15.4 Å². The third-order valence-corrected chi connectivity index (χ3v) is 5.38. The summed E-state index contributed by atoms with van der Waals surface area (Å²) in [5, 5.41) is 5.31. The second kappa shape index (κ2) is 10.0. The monoisotopic (exact) mass is 483 g/mol. The van der Waals surface area contributed by atoms with Crippen molar-refractivity contribution in [3.63, 3.8) is 0 Å². The molecule has 176 valence electrons. The van der Waals surface area contributed by atoms with Crippen LogP contribution in [0, 0.1) is 11.6 Å². The Kier molecular flexibility index (Phi) is 6.87. The summed E-state index contributed by atoms with van der Waals surface area (Å²) in [4.78, 5) is 16.5. The Bertz CT molecular complexity index is 1240. The SMILES string of the molecule is CC(C)c1ccn2c1C(Oc1ccc(NC(=S)NC(=O)Cc3ccc(F)cc3)cc1F)N=CN2. The number of rotatable bonds is 6. The highest BCUT2D eigenvalue weighted by atomic mass is 32.1. The predicted octanol–water partition coefficient (Wildman–Crippen LogP) is 4.61. The van der Waals surface area contributed by atoms with Crippen LogP contribution in [0.2, 0.25) is 0 Å². The summed E-state index contributed by atoms with van der Waals surface area (Å²) in [6, 6.07) is 11.9. The van der Waals surface area contributed by atoms with Crippen LogP contribution in [0.15, 0.2) is 59.7 Å². The van der Waals surface area contributed by atoms with Gasteiger partial charge in [0, 0.05) is 18.0 Å². The van der Waals surface area contributed by atoms with Gasteiger partial charge in [-0.2, -0.15) is 0 Å². The van der Waals surface area contributed by atoms with Gasteiger partial charge in [-0.05, 0) is 59.6 Å². The molecule has 7 nitrogen and oxygen atoms in total. The lowest BCUT2D eigenvalue weighted by molar-refractivity contribution is -0.119. The van der Waals surface area contributed by atoms with Gasteiger partial charge in [0.05, 0.1) is 6.42 Å². The quantitative estimate of drug-likeness (QED) is 0.447. The van der Waals surface area contributed by atoms with E-state index in [0.717, 1.165) is 11.3 Å². The van der Waals surface area contributed by atoms with E-state index in [9.17, 15) is 13.6 Å². The Hall–Kier alpha value is -3.79. The smallest absolute Gasteiger partial charge is 0.234 e. The maximum atomic E-state index is 14.8. The molecule has 0 bridgehead atoms. The molecule has 1 aliphatic rings. The van der Waals surface area contributed by atoms with E-state index in [2.05, 4.69) is 34.9 Å². The van der Waals surface area contributed by atoms with Crippen molar-refractivity contribution < 1.29 is 18.3 Å². The molecule has 4 rings (SSSR count). The van der Waals surface area contributed by atoms with Crippen LogP contribution in [-0.4, -0.2) is 22.0 Å². The molecule has 2 aromatic carbocycles. The van der Waals surface area contributed by atoms with E-state index < -0.39 is 12.0 Å². The van der Waals surface area contributed by atoms with Crippen molar-refractivity contribution in [3.05, 3.63) is 83.2 Å². The van der Waals surface area contributed by atoms with Crippen LogP contribution < -0.4 is 20.8 Å². The van der Waals surface area contributed by atoms with Gasteiger partial charge in [0.15, 0.2) is 16.7 Å². The number of hydrogen-bond donors (Lipinski definition) is 3. The highest BCUT2D eigenvalue weighted by Gasteiger charge is 2.25. The largest absolute Gasteiger partial charge is 0.460 e. The highest BCUT2D eigenvalue weighted by molar-refractivity contribution is 7.80. The van der Waals surface area contributed by atoms with Crippen LogP contribution >= 0.6 is 12.2 Å². The first-order valence-corrected chi connectivity index (χ1v) is 11.0. The minimum absolute atomic E-state index is 0.0162. The average molecular weight is 484 g/mol. The molecule has 1 aromatic heterocycles. The molecule has 1 unspecified atom stereocenters. The zero-order chi connectivity index (χ0) is 24.2. The molecule has 0 saturated carbocycles. The van der Waals surface area contributed by atoms with Crippen LogP contribution in [0.1, 0.15) is 42.8 Å². The topological polar surface area (TPSA) is 79.7 Å². The third kappa shape index (κ3) is 5.40. The maximum absolute atomic E-state index is 14.8. The van der Waals surface area contributed by atoms with Crippen molar-refractivity contribution >= 4 is 35.3 Å². The molecule has 1 amide bonds. The van der Waals surface area contributed by atoms with Crippen molar-refractivity contribution in [2.75, 3.05) is 10.7 Å². The van der Waals surface area contributed by atoms with Gasteiger partial charge in [-0.3, -0.25) is 14.9 Å². The minimum atomic E-state index is -0.700. The van der Waals surface area contributed by atoms with Crippen molar-refractivity contribution in [3.8, 4) is 5.75 Å². The molecule has 2 heterocycles. The Balaban J connectivity index is 1.38. The average Bonchev–Trinajstić information content (AvgIpc) is 3.22. The van der Waals surface area contributed by atoms with Crippen molar-refractivity contribution in [1.29, 1.82) is 0 Å². The van der Waals surface area contributed by atoms with Gasteiger partial charge in [0.1, 0.15) is 17.8 Å². The van der Waals surface area contributed by atoms with Crippen molar-refractivity contribution in [2.45, 2.75) is 32.4 Å². The van der Waals surface area contributed by atoms with E-state index in [1.165, 1.54) is 42.7 Å². The number of amides is 1. The Labute approximate surface area is 200 Å². The number of thiocarbonyl (C=S) groups is 1. The number of aromatic nitrogens is 1. The number of carbonyl (C=O) groups excluding carboxylic acids is 1. The number of benzene rings is 2. The molecule has 1 aliphatic heterocycles. The first-order valence-electron chi connectivity index (χ1n) is 10.6.